The van der Waals surface area contributed by atoms with Crippen molar-refractivity contribution in [1.82, 2.24) is 10.2 Å². The molecule has 1 N–H and O–H groups in total. The van der Waals surface area contributed by atoms with Gasteiger partial charge in [0, 0.05) is 30.2 Å². The van der Waals surface area contributed by atoms with Gasteiger partial charge in [0.15, 0.2) is 0 Å². The minimum absolute atomic E-state index is 0.0779. The topological polar surface area (TPSA) is 49.4 Å². The van der Waals surface area contributed by atoms with E-state index in [9.17, 15) is 14.0 Å². The summed E-state index contributed by atoms with van der Waals surface area (Å²) in [6, 6.07) is 15.4. The zero-order chi connectivity index (χ0) is 20.4. The molecule has 1 unspecified atom stereocenters. The van der Waals surface area contributed by atoms with Gasteiger partial charge in [-0.1, -0.05) is 37.3 Å². The maximum atomic E-state index is 13.2. The van der Waals surface area contributed by atoms with Crippen molar-refractivity contribution in [3.05, 3.63) is 66.0 Å². The van der Waals surface area contributed by atoms with E-state index in [1.165, 1.54) is 12.1 Å². The SMILES string of the molecule is CCNC(=O)C(CC)N(Cc1ccc(F)cc1)C(=O)CCSc1ccccc1. The maximum absolute atomic E-state index is 13.2. The molecule has 2 aromatic carbocycles. The van der Waals surface area contributed by atoms with Crippen LogP contribution in [0, 0.1) is 5.82 Å². The summed E-state index contributed by atoms with van der Waals surface area (Å²) in [7, 11) is 0. The van der Waals surface area contributed by atoms with E-state index in [1.807, 2.05) is 44.2 Å². The van der Waals surface area contributed by atoms with Crippen LogP contribution in [0.25, 0.3) is 0 Å². The van der Waals surface area contributed by atoms with Crippen molar-refractivity contribution in [2.75, 3.05) is 12.3 Å². The molecule has 2 amide bonds. The van der Waals surface area contributed by atoms with Crippen LogP contribution in [0.3, 0.4) is 0 Å². The number of carbonyl (C=O) groups is 2. The third-order valence-corrected chi connectivity index (χ3v) is 5.34. The van der Waals surface area contributed by atoms with Crippen LogP contribution >= 0.6 is 11.8 Å². The third-order valence-electron chi connectivity index (χ3n) is 4.33. The average molecular weight is 403 g/mol. The normalized spacial score (nSPS) is 11.7. The molecule has 2 aromatic rings. The van der Waals surface area contributed by atoms with Gasteiger partial charge in [0.2, 0.25) is 11.8 Å². The molecule has 1 atom stereocenters. The Balaban J connectivity index is 2.09. The minimum Gasteiger partial charge on any atom is -0.355 e. The van der Waals surface area contributed by atoms with Gasteiger partial charge in [-0.05, 0) is 43.2 Å². The highest BCUT2D eigenvalue weighted by Crippen LogP contribution is 2.20. The number of halogens is 1. The van der Waals surface area contributed by atoms with Crippen molar-refractivity contribution in [3.63, 3.8) is 0 Å². The fraction of sp³-hybridized carbons (Fsp3) is 0.364. The number of rotatable bonds is 10. The molecule has 6 heteroatoms. The summed E-state index contributed by atoms with van der Waals surface area (Å²) in [5.74, 6) is 0.0768. The zero-order valence-electron chi connectivity index (χ0n) is 16.4. The molecular formula is C22H27FN2O2S. The molecule has 0 bridgehead atoms. The number of nitrogens with zero attached hydrogens (tertiary/aromatic N) is 1. The number of hydrogen-bond acceptors (Lipinski definition) is 3. The van der Waals surface area contributed by atoms with Crippen LogP contribution in [-0.2, 0) is 16.1 Å². The maximum Gasteiger partial charge on any atom is 0.242 e. The second kappa shape index (κ2) is 11.5. The molecule has 2 rings (SSSR count). The van der Waals surface area contributed by atoms with Gasteiger partial charge in [-0.2, -0.15) is 0 Å². The predicted molar refractivity (Wildman–Crippen MR) is 111 cm³/mol. The summed E-state index contributed by atoms with van der Waals surface area (Å²) in [6.45, 7) is 4.54. The van der Waals surface area contributed by atoms with E-state index in [0.717, 1.165) is 10.5 Å². The summed E-state index contributed by atoms with van der Waals surface area (Å²) < 4.78 is 13.2. The Hall–Kier alpha value is -2.34. The van der Waals surface area contributed by atoms with E-state index in [-0.39, 0.29) is 24.2 Å². The quantitative estimate of drug-likeness (QED) is 0.605. The highest BCUT2D eigenvalue weighted by Gasteiger charge is 2.28. The van der Waals surface area contributed by atoms with Crippen molar-refractivity contribution in [3.8, 4) is 0 Å². The minimum atomic E-state index is -0.542. The van der Waals surface area contributed by atoms with Crippen LogP contribution in [0.2, 0.25) is 0 Å². The largest absolute Gasteiger partial charge is 0.355 e. The summed E-state index contributed by atoms with van der Waals surface area (Å²) in [6.07, 6.45) is 0.848. The standard InChI is InChI=1S/C22H27FN2O2S/c1-3-20(22(27)24-4-2)25(16-17-10-12-18(23)13-11-17)21(26)14-15-28-19-8-6-5-7-9-19/h5-13,20H,3-4,14-16H2,1-2H3,(H,24,27). The molecule has 0 spiro atoms. The first kappa shape index (κ1) is 22.0. The second-order valence-electron chi connectivity index (χ2n) is 6.38. The van der Waals surface area contributed by atoms with Gasteiger partial charge in [0.25, 0.3) is 0 Å². The first-order chi connectivity index (χ1) is 13.5. The lowest BCUT2D eigenvalue weighted by molar-refractivity contribution is -0.141. The van der Waals surface area contributed by atoms with Gasteiger partial charge in [0.1, 0.15) is 11.9 Å². The van der Waals surface area contributed by atoms with Crippen LogP contribution in [-0.4, -0.2) is 35.1 Å². The lowest BCUT2D eigenvalue weighted by Crippen LogP contribution is -2.49. The van der Waals surface area contributed by atoms with Gasteiger partial charge in [-0.3, -0.25) is 9.59 Å². The Morgan fingerprint density at radius 2 is 1.75 bits per heavy atom. The van der Waals surface area contributed by atoms with Crippen LogP contribution in [0.1, 0.15) is 32.3 Å². The Morgan fingerprint density at radius 1 is 1.07 bits per heavy atom. The summed E-state index contributed by atoms with van der Waals surface area (Å²) in [4.78, 5) is 28.2. The van der Waals surface area contributed by atoms with Gasteiger partial charge in [-0.25, -0.2) is 4.39 Å². The number of nitrogens with one attached hydrogen (secondary N) is 1. The molecule has 0 heterocycles. The molecule has 0 aromatic heterocycles. The van der Waals surface area contributed by atoms with Crippen LogP contribution in [0.5, 0.6) is 0 Å². The monoisotopic (exact) mass is 402 g/mol. The van der Waals surface area contributed by atoms with Gasteiger partial charge in [-0.15, -0.1) is 11.8 Å². The zero-order valence-corrected chi connectivity index (χ0v) is 17.2. The number of hydrogen-bond donors (Lipinski definition) is 1. The van der Waals surface area contributed by atoms with Gasteiger partial charge in [0.05, 0.1) is 0 Å². The lowest BCUT2D eigenvalue weighted by Gasteiger charge is -2.30. The fourth-order valence-electron chi connectivity index (χ4n) is 2.91. The van der Waals surface area contributed by atoms with E-state index in [1.54, 1.807) is 28.8 Å². The molecule has 0 aliphatic carbocycles. The number of thioether (sulfide) groups is 1. The average Bonchev–Trinajstić information content (AvgIpc) is 2.70. The Bertz CT molecular complexity index is 753. The Kier molecular flexibility index (Phi) is 9.01. The van der Waals surface area contributed by atoms with E-state index in [0.29, 0.717) is 25.1 Å². The lowest BCUT2D eigenvalue weighted by atomic mass is 10.1. The summed E-state index contributed by atoms with van der Waals surface area (Å²) in [5, 5.41) is 2.81. The van der Waals surface area contributed by atoms with E-state index in [2.05, 4.69) is 5.32 Å². The van der Waals surface area contributed by atoms with E-state index < -0.39 is 6.04 Å². The summed E-state index contributed by atoms with van der Waals surface area (Å²) >= 11 is 1.61. The molecule has 0 aliphatic heterocycles. The second-order valence-corrected chi connectivity index (χ2v) is 7.55. The van der Waals surface area contributed by atoms with Gasteiger partial charge < -0.3 is 10.2 Å². The third kappa shape index (κ3) is 6.68. The van der Waals surface area contributed by atoms with E-state index in [4.69, 9.17) is 0 Å². The van der Waals surface area contributed by atoms with Crippen molar-refractivity contribution >= 4 is 23.6 Å². The molecule has 4 nitrogen and oxygen atoms in total. The first-order valence-corrected chi connectivity index (χ1v) is 10.5. The van der Waals surface area contributed by atoms with Crippen LogP contribution in [0.4, 0.5) is 4.39 Å². The van der Waals surface area contributed by atoms with Crippen molar-refractivity contribution in [1.29, 1.82) is 0 Å². The Morgan fingerprint density at radius 3 is 2.36 bits per heavy atom. The highest BCUT2D eigenvalue weighted by atomic mass is 32.2. The van der Waals surface area contributed by atoms with Gasteiger partial charge >= 0.3 is 0 Å². The highest BCUT2D eigenvalue weighted by molar-refractivity contribution is 7.99. The number of benzene rings is 2. The van der Waals surface area contributed by atoms with Crippen molar-refractivity contribution in [2.45, 2.75) is 44.2 Å². The molecule has 0 fully saturated rings. The van der Waals surface area contributed by atoms with Crippen molar-refractivity contribution in [2.24, 2.45) is 0 Å². The molecule has 0 saturated heterocycles. The first-order valence-electron chi connectivity index (χ1n) is 9.54. The smallest absolute Gasteiger partial charge is 0.242 e. The Labute approximate surface area is 170 Å². The van der Waals surface area contributed by atoms with Crippen LogP contribution < -0.4 is 5.32 Å². The summed E-state index contributed by atoms with van der Waals surface area (Å²) in [5.41, 5.74) is 0.799. The van der Waals surface area contributed by atoms with E-state index >= 15 is 0 Å². The fourth-order valence-corrected chi connectivity index (χ4v) is 3.78. The van der Waals surface area contributed by atoms with Crippen LogP contribution in [0.15, 0.2) is 59.5 Å². The molecule has 0 radical (unpaired) electrons. The molecular weight excluding hydrogens is 375 g/mol. The molecule has 28 heavy (non-hydrogen) atoms. The molecule has 0 aliphatic rings. The number of carbonyl (C=O) groups excluding carboxylic acids is 2. The predicted octanol–water partition coefficient (Wildman–Crippen LogP) is 4.25. The number of amides is 2. The molecule has 0 saturated carbocycles. The van der Waals surface area contributed by atoms with Crippen molar-refractivity contribution < 1.29 is 14.0 Å². The number of likely N-dealkylation sites (N-methyl/N-ethyl adjacent to an activating group) is 1. The molecule has 150 valence electrons.